The zero-order chi connectivity index (χ0) is 21.5. The van der Waals surface area contributed by atoms with Crippen LogP contribution in [0.1, 0.15) is 30.0 Å². The van der Waals surface area contributed by atoms with Crippen LogP contribution in [0.25, 0.3) is 0 Å². The van der Waals surface area contributed by atoms with Crippen molar-refractivity contribution < 1.29 is 9.53 Å². The molecule has 0 fully saturated rings. The van der Waals surface area contributed by atoms with Gasteiger partial charge < -0.3 is 10.1 Å². The molecule has 0 saturated heterocycles. The van der Waals surface area contributed by atoms with Crippen molar-refractivity contribution in [2.24, 2.45) is 0 Å². The number of allylic oxidation sites excluding steroid dienone is 1. The van der Waals surface area contributed by atoms with Crippen LogP contribution < -0.4 is 10.1 Å². The lowest BCUT2D eigenvalue weighted by atomic mass is 10.2. The number of carbonyl (C=O) groups is 1. The van der Waals surface area contributed by atoms with Gasteiger partial charge in [-0.25, -0.2) is 0 Å². The molecule has 7 heteroatoms. The second-order valence-electron chi connectivity index (χ2n) is 6.92. The maximum Gasteiger partial charge on any atom is 0.234 e. The Hall–Kier alpha value is -3.06. The Kier molecular flexibility index (Phi) is 7.30. The van der Waals surface area contributed by atoms with Crippen LogP contribution in [0.15, 0.2) is 66.3 Å². The zero-order valence-corrected chi connectivity index (χ0v) is 18.3. The maximum atomic E-state index is 12.4. The van der Waals surface area contributed by atoms with Crippen LogP contribution >= 0.6 is 11.8 Å². The number of nitrogens with zero attached hydrogens (tertiary/aromatic N) is 3. The second kappa shape index (κ2) is 10.1. The number of para-hydroxylation sites is 2. The summed E-state index contributed by atoms with van der Waals surface area (Å²) in [7, 11) is 0. The Morgan fingerprint density at radius 2 is 1.87 bits per heavy atom. The van der Waals surface area contributed by atoms with E-state index < -0.39 is 0 Å². The van der Waals surface area contributed by atoms with Gasteiger partial charge in [0, 0.05) is 12.2 Å². The predicted octanol–water partition coefficient (Wildman–Crippen LogP) is 4.95. The van der Waals surface area contributed by atoms with Gasteiger partial charge >= 0.3 is 0 Å². The molecule has 30 heavy (non-hydrogen) atoms. The van der Waals surface area contributed by atoms with Crippen molar-refractivity contribution in [1.29, 1.82) is 0 Å². The molecule has 0 saturated carbocycles. The van der Waals surface area contributed by atoms with Gasteiger partial charge in [0.15, 0.2) is 17.1 Å². The van der Waals surface area contributed by atoms with Gasteiger partial charge in [0.1, 0.15) is 5.75 Å². The first-order valence-corrected chi connectivity index (χ1v) is 10.7. The standard InChI is InChI=1S/C23H26N4O2S/c1-5-14-27-22(18(4)29-20-13-9-7-11-17(20)3)25-26-23(27)30-15-21(28)24-19-12-8-6-10-16(19)2/h5-13,18H,1,14-15H2,2-4H3,(H,24,28). The molecule has 0 aliphatic carbocycles. The van der Waals surface area contributed by atoms with E-state index in [0.29, 0.717) is 17.5 Å². The number of amides is 1. The summed E-state index contributed by atoms with van der Waals surface area (Å²) < 4.78 is 8.04. The van der Waals surface area contributed by atoms with E-state index in [1.807, 2.05) is 73.9 Å². The topological polar surface area (TPSA) is 69.0 Å². The van der Waals surface area contributed by atoms with Crippen LogP contribution in [-0.2, 0) is 11.3 Å². The summed E-state index contributed by atoms with van der Waals surface area (Å²) in [4.78, 5) is 12.4. The number of carbonyl (C=O) groups excluding carboxylic acids is 1. The number of rotatable bonds is 9. The highest BCUT2D eigenvalue weighted by Gasteiger charge is 2.20. The Morgan fingerprint density at radius 1 is 1.17 bits per heavy atom. The SMILES string of the molecule is C=CCn1c(SCC(=O)Nc2ccccc2C)nnc1C(C)Oc1ccccc1C. The molecule has 0 radical (unpaired) electrons. The third-order valence-electron chi connectivity index (χ3n) is 4.57. The number of hydrogen-bond donors (Lipinski definition) is 1. The summed E-state index contributed by atoms with van der Waals surface area (Å²) in [6.07, 6.45) is 1.49. The minimum absolute atomic E-state index is 0.0896. The quantitative estimate of drug-likeness (QED) is 0.390. The molecule has 1 amide bonds. The summed E-state index contributed by atoms with van der Waals surface area (Å²) in [5.74, 6) is 1.65. The van der Waals surface area contributed by atoms with E-state index in [0.717, 1.165) is 22.6 Å². The van der Waals surface area contributed by atoms with E-state index in [-0.39, 0.29) is 17.8 Å². The predicted molar refractivity (Wildman–Crippen MR) is 121 cm³/mol. The molecule has 3 rings (SSSR count). The van der Waals surface area contributed by atoms with Crippen LogP contribution in [0.4, 0.5) is 5.69 Å². The highest BCUT2D eigenvalue weighted by molar-refractivity contribution is 7.99. The van der Waals surface area contributed by atoms with Crippen molar-refractivity contribution in [2.75, 3.05) is 11.1 Å². The summed E-state index contributed by atoms with van der Waals surface area (Å²) in [6.45, 7) is 10.3. The number of thioether (sulfide) groups is 1. The molecule has 1 heterocycles. The molecular formula is C23H26N4O2S. The second-order valence-corrected chi connectivity index (χ2v) is 7.86. The molecular weight excluding hydrogens is 396 g/mol. The molecule has 2 aromatic carbocycles. The third kappa shape index (κ3) is 5.30. The molecule has 1 N–H and O–H groups in total. The van der Waals surface area contributed by atoms with Crippen molar-refractivity contribution in [3.63, 3.8) is 0 Å². The Bertz CT molecular complexity index is 1030. The van der Waals surface area contributed by atoms with Gasteiger partial charge in [-0.1, -0.05) is 54.2 Å². The molecule has 0 spiro atoms. The van der Waals surface area contributed by atoms with Gasteiger partial charge in [0.2, 0.25) is 5.91 Å². The van der Waals surface area contributed by atoms with Gasteiger partial charge in [-0.15, -0.1) is 16.8 Å². The lowest BCUT2D eigenvalue weighted by Crippen LogP contribution is -2.16. The van der Waals surface area contributed by atoms with E-state index >= 15 is 0 Å². The molecule has 6 nitrogen and oxygen atoms in total. The number of aromatic nitrogens is 3. The molecule has 0 aliphatic heterocycles. The van der Waals surface area contributed by atoms with E-state index in [2.05, 4.69) is 22.1 Å². The van der Waals surface area contributed by atoms with Gasteiger partial charge in [-0.2, -0.15) is 0 Å². The first-order chi connectivity index (χ1) is 14.5. The molecule has 1 atom stereocenters. The van der Waals surface area contributed by atoms with E-state index in [4.69, 9.17) is 4.74 Å². The summed E-state index contributed by atoms with van der Waals surface area (Å²) in [5, 5.41) is 12.2. The molecule has 1 unspecified atom stereocenters. The first-order valence-electron chi connectivity index (χ1n) is 9.74. The van der Waals surface area contributed by atoms with Gasteiger partial charge in [0.05, 0.1) is 5.75 Å². The van der Waals surface area contributed by atoms with Crippen molar-refractivity contribution >= 4 is 23.4 Å². The number of ether oxygens (including phenoxy) is 1. The average molecular weight is 423 g/mol. The monoisotopic (exact) mass is 422 g/mol. The lowest BCUT2D eigenvalue weighted by Gasteiger charge is -2.17. The number of aryl methyl sites for hydroxylation is 2. The van der Waals surface area contributed by atoms with Gasteiger partial charge in [-0.3, -0.25) is 9.36 Å². The van der Waals surface area contributed by atoms with Gasteiger partial charge in [0.25, 0.3) is 0 Å². The number of nitrogens with one attached hydrogen (secondary N) is 1. The summed E-state index contributed by atoms with van der Waals surface area (Å²) in [6, 6.07) is 15.6. The Balaban J connectivity index is 1.69. The minimum Gasteiger partial charge on any atom is -0.482 e. The van der Waals surface area contributed by atoms with Crippen LogP contribution in [0.3, 0.4) is 0 Å². The smallest absolute Gasteiger partial charge is 0.234 e. The Morgan fingerprint density at radius 3 is 2.57 bits per heavy atom. The normalized spacial score (nSPS) is 11.7. The third-order valence-corrected chi connectivity index (χ3v) is 5.54. The first kappa shape index (κ1) is 21.6. The van der Waals surface area contributed by atoms with Crippen molar-refractivity contribution in [1.82, 2.24) is 14.8 Å². The molecule has 0 bridgehead atoms. The molecule has 156 valence electrons. The van der Waals surface area contributed by atoms with Crippen molar-refractivity contribution in [3.8, 4) is 5.75 Å². The molecule has 0 aliphatic rings. The van der Waals surface area contributed by atoms with Crippen LogP contribution in [-0.4, -0.2) is 26.4 Å². The molecule has 3 aromatic rings. The van der Waals surface area contributed by atoms with Gasteiger partial charge in [-0.05, 0) is 44.0 Å². The fourth-order valence-corrected chi connectivity index (χ4v) is 3.72. The van der Waals surface area contributed by atoms with Crippen LogP contribution in [0, 0.1) is 13.8 Å². The van der Waals surface area contributed by atoms with Crippen molar-refractivity contribution in [2.45, 2.75) is 38.6 Å². The summed E-state index contributed by atoms with van der Waals surface area (Å²) in [5.41, 5.74) is 2.90. The molecule has 1 aromatic heterocycles. The minimum atomic E-state index is -0.298. The number of anilines is 1. The summed E-state index contributed by atoms with van der Waals surface area (Å²) >= 11 is 1.34. The van der Waals surface area contributed by atoms with Crippen LogP contribution in [0.2, 0.25) is 0 Å². The maximum absolute atomic E-state index is 12.4. The number of hydrogen-bond acceptors (Lipinski definition) is 5. The van der Waals surface area contributed by atoms with E-state index in [1.54, 1.807) is 6.08 Å². The largest absolute Gasteiger partial charge is 0.482 e. The lowest BCUT2D eigenvalue weighted by molar-refractivity contribution is -0.113. The highest BCUT2D eigenvalue weighted by Crippen LogP contribution is 2.26. The van der Waals surface area contributed by atoms with E-state index in [9.17, 15) is 4.79 Å². The Labute approximate surface area is 181 Å². The number of benzene rings is 2. The zero-order valence-electron chi connectivity index (χ0n) is 17.5. The van der Waals surface area contributed by atoms with Crippen LogP contribution in [0.5, 0.6) is 5.75 Å². The highest BCUT2D eigenvalue weighted by atomic mass is 32.2. The fourth-order valence-electron chi connectivity index (χ4n) is 2.97. The average Bonchev–Trinajstić information content (AvgIpc) is 3.13. The van der Waals surface area contributed by atoms with E-state index in [1.165, 1.54) is 11.8 Å². The fraction of sp³-hybridized carbons (Fsp3) is 0.261. The van der Waals surface area contributed by atoms with Crippen molar-refractivity contribution in [3.05, 3.63) is 78.1 Å².